The highest BCUT2D eigenvalue weighted by Gasteiger charge is 2.20. The van der Waals surface area contributed by atoms with E-state index < -0.39 is 17.7 Å². The summed E-state index contributed by atoms with van der Waals surface area (Å²) in [6, 6.07) is 7.10. The predicted octanol–water partition coefficient (Wildman–Crippen LogP) is 1.02. The number of nitrogens with zero attached hydrogens (tertiary/aromatic N) is 1. The number of ether oxygens (including phenoxy) is 1. The molecule has 17 heavy (non-hydrogen) atoms. The summed E-state index contributed by atoms with van der Waals surface area (Å²) in [5, 5.41) is 12.2. The first kappa shape index (κ1) is 12.7. The molecule has 0 unspecified atom stereocenters. The van der Waals surface area contributed by atoms with Gasteiger partial charge in [-0.15, -0.1) is 0 Å². The van der Waals surface area contributed by atoms with Gasteiger partial charge in [0.15, 0.2) is 0 Å². The van der Waals surface area contributed by atoms with Crippen LogP contribution in [0.2, 0.25) is 0 Å². The normalized spacial score (nSPS) is 10.8. The maximum Gasteiger partial charge on any atom is 0.366 e. The first-order valence-corrected chi connectivity index (χ1v) is 4.76. The molecule has 0 radical (unpaired) electrons. The number of carbonyl (C=O) groups is 2. The number of esters is 1. The van der Waals surface area contributed by atoms with E-state index in [0.29, 0.717) is 5.69 Å². The topological polar surface area (TPSA) is 88.0 Å². The number of methoxy groups -OCH3 is 1. The van der Waals surface area contributed by atoms with Gasteiger partial charge in [0.1, 0.15) is 0 Å². The summed E-state index contributed by atoms with van der Waals surface area (Å²) < 4.78 is 4.29. The first-order chi connectivity index (χ1) is 8.04. The Hall–Kier alpha value is -2.37. The zero-order chi connectivity index (χ0) is 12.8. The standard InChI is InChI=1S/C11H12N2O4/c1-7-3-5-8(6-4-7)12-13-9(10(14)15)11(16)17-2/h3-6,12H,1-2H3,(H,14,15). The van der Waals surface area contributed by atoms with Crippen LogP contribution in [0.25, 0.3) is 0 Å². The second-order valence-electron chi connectivity index (χ2n) is 3.23. The lowest BCUT2D eigenvalue weighted by Crippen LogP contribution is -2.26. The molecule has 0 saturated heterocycles. The fraction of sp³-hybridized carbons (Fsp3) is 0.182. The molecule has 0 aliphatic carbocycles. The van der Waals surface area contributed by atoms with Crippen molar-refractivity contribution in [2.45, 2.75) is 6.92 Å². The smallest absolute Gasteiger partial charge is 0.366 e. The van der Waals surface area contributed by atoms with E-state index in [1.807, 2.05) is 19.1 Å². The number of carboxylic acids is 1. The minimum absolute atomic E-state index is 0.582. The summed E-state index contributed by atoms with van der Waals surface area (Å²) in [5.74, 6) is -2.45. The number of benzene rings is 1. The van der Waals surface area contributed by atoms with Crippen molar-refractivity contribution < 1.29 is 19.4 Å². The van der Waals surface area contributed by atoms with Crippen molar-refractivity contribution in [3.05, 3.63) is 29.8 Å². The van der Waals surface area contributed by atoms with Crippen LogP contribution in [0.5, 0.6) is 0 Å². The zero-order valence-electron chi connectivity index (χ0n) is 9.43. The molecule has 90 valence electrons. The first-order valence-electron chi connectivity index (χ1n) is 4.76. The van der Waals surface area contributed by atoms with Crippen molar-refractivity contribution >= 4 is 23.3 Å². The van der Waals surface area contributed by atoms with Gasteiger partial charge in [-0.25, -0.2) is 9.59 Å². The van der Waals surface area contributed by atoms with Gasteiger partial charge in [-0.2, -0.15) is 5.10 Å². The Labute approximate surface area is 97.9 Å². The lowest BCUT2D eigenvalue weighted by atomic mass is 10.2. The number of anilines is 1. The van der Waals surface area contributed by atoms with E-state index in [9.17, 15) is 9.59 Å². The Morgan fingerprint density at radius 1 is 1.29 bits per heavy atom. The number of carboxylic acid groups (broad SMARTS) is 1. The Morgan fingerprint density at radius 2 is 1.88 bits per heavy atom. The molecule has 1 aromatic rings. The van der Waals surface area contributed by atoms with Gasteiger partial charge in [0, 0.05) is 0 Å². The lowest BCUT2D eigenvalue weighted by molar-refractivity contribution is -0.136. The molecule has 0 atom stereocenters. The number of hydrogen-bond acceptors (Lipinski definition) is 5. The maximum atomic E-state index is 11.1. The molecular weight excluding hydrogens is 224 g/mol. The molecule has 0 aromatic heterocycles. The third-order valence-electron chi connectivity index (χ3n) is 1.93. The van der Waals surface area contributed by atoms with Gasteiger partial charge in [0.25, 0.3) is 5.71 Å². The van der Waals surface area contributed by atoms with Gasteiger partial charge in [-0.3, -0.25) is 5.43 Å². The molecule has 0 saturated carbocycles. The number of aryl methyl sites for hydroxylation is 1. The molecule has 2 N–H and O–H groups in total. The largest absolute Gasteiger partial charge is 0.476 e. The van der Waals surface area contributed by atoms with Crippen LogP contribution in [0.1, 0.15) is 5.56 Å². The molecule has 0 aliphatic heterocycles. The van der Waals surface area contributed by atoms with Crippen LogP contribution in [-0.2, 0) is 14.3 Å². The predicted molar refractivity (Wildman–Crippen MR) is 61.9 cm³/mol. The number of rotatable bonds is 4. The number of carbonyl (C=O) groups excluding carboxylic acids is 1. The third-order valence-corrected chi connectivity index (χ3v) is 1.93. The van der Waals surface area contributed by atoms with Gasteiger partial charge < -0.3 is 9.84 Å². The fourth-order valence-electron chi connectivity index (χ4n) is 1.03. The average molecular weight is 236 g/mol. The molecular formula is C11H12N2O4. The summed E-state index contributed by atoms with van der Waals surface area (Å²) in [5.41, 5.74) is 3.42. The van der Waals surface area contributed by atoms with Gasteiger partial charge >= 0.3 is 11.9 Å². The lowest BCUT2D eigenvalue weighted by Gasteiger charge is -2.02. The molecule has 0 fully saturated rings. The summed E-state index contributed by atoms with van der Waals surface area (Å²) >= 11 is 0. The Morgan fingerprint density at radius 3 is 2.35 bits per heavy atom. The van der Waals surface area contributed by atoms with Crippen LogP contribution < -0.4 is 5.43 Å². The molecule has 0 bridgehead atoms. The van der Waals surface area contributed by atoms with Crippen molar-refractivity contribution in [3.63, 3.8) is 0 Å². The Kier molecular flexibility index (Phi) is 4.21. The second-order valence-corrected chi connectivity index (χ2v) is 3.23. The van der Waals surface area contributed by atoms with Crippen molar-refractivity contribution in [1.82, 2.24) is 0 Å². The fourth-order valence-corrected chi connectivity index (χ4v) is 1.03. The Bertz CT molecular complexity index is 451. The zero-order valence-corrected chi connectivity index (χ0v) is 9.43. The van der Waals surface area contributed by atoms with E-state index in [0.717, 1.165) is 12.7 Å². The van der Waals surface area contributed by atoms with Crippen molar-refractivity contribution in [2.24, 2.45) is 5.10 Å². The van der Waals surface area contributed by atoms with Crippen molar-refractivity contribution in [1.29, 1.82) is 0 Å². The van der Waals surface area contributed by atoms with Gasteiger partial charge in [0.05, 0.1) is 12.8 Å². The number of hydrazone groups is 1. The average Bonchev–Trinajstić information content (AvgIpc) is 2.31. The van der Waals surface area contributed by atoms with E-state index in [1.165, 1.54) is 0 Å². The number of aliphatic carboxylic acids is 1. The molecule has 0 spiro atoms. The van der Waals surface area contributed by atoms with E-state index in [1.54, 1.807) is 12.1 Å². The van der Waals surface area contributed by atoms with Gasteiger partial charge in [-0.1, -0.05) is 17.7 Å². The highest BCUT2D eigenvalue weighted by molar-refractivity contribution is 6.62. The van der Waals surface area contributed by atoms with Crippen LogP contribution in [0, 0.1) is 6.92 Å². The van der Waals surface area contributed by atoms with E-state index in [-0.39, 0.29) is 0 Å². The maximum absolute atomic E-state index is 11.1. The molecule has 0 aliphatic rings. The molecule has 1 aromatic carbocycles. The SMILES string of the molecule is COC(=O)C(=NNc1ccc(C)cc1)C(=O)O. The molecule has 6 heteroatoms. The molecule has 0 amide bonds. The summed E-state index contributed by atoms with van der Waals surface area (Å²) in [7, 11) is 1.09. The number of hydrogen-bond donors (Lipinski definition) is 2. The highest BCUT2D eigenvalue weighted by Crippen LogP contribution is 2.08. The van der Waals surface area contributed by atoms with Gasteiger partial charge in [-0.05, 0) is 19.1 Å². The van der Waals surface area contributed by atoms with E-state index in [2.05, 4.69) is 15.3 Å². The Balaban J connectivity index is 2.83. The molecule has 0 heterocycles. The molecule has 1 rings (SSSR count). The van der Waals surface area contributed by atoms with Crippen molar-refractivity contribution in [2.75, 3.05) is 12.5 Å². The second kappa shape index (κ2) is 5.64. The number of nitrogens with one attached hydrogen (secondary N) is 1. The summed E-state index contributed by atoms with van der Waals surface area (Å²) in [6.07, 6.45) is 0. The highest BCUT2D eigenvalue weighted by atomic mass is 16.5. The van der Waals surface area contributed by atoms with Crippen LogP contribution in [-0.4, -0.2) is 29.9 Å². The third kappa shape index (κ3) is 3.60. The van der Waals surface area contributed by atoms with Crippen LogP contribution >= 0.6 is 0 Å². The molecule has 6 nitrogen and oxygen atoms in total. The van der Waals surface area contributed by atoms with Crippen molar-refractivity contribution in [3.8, 4) is 0 Å². The van der Waals surface area contributed by atoms with E-state index >= 15 is 0 Å². The van der Waals surface area contributed by atoms with Crippen LogP contribution in [0.3, 0.4) is 0 Å². The van der Waals surface area contributed by atoms with Crippen LogP contribution in [0.4, 0.5) is 5.69 Å². The van der Waals surface area contributed by atoms with Gasteiger partial charge in [0.2, 0.25) is 0 Å². The summed E-state index contributed by atoms with van der Waals surface area (Å²) in [4.78, 5) is 21.8. The summed E-state index contributed by atoms with van der Waals surface area (Å²) in [6.45, 7) is 1.92. The van der Waals surface area contributed by atoms with E-state index in [4.69, 9.17) is 5.11 Å². The van der Waals surface area contributed by atoms with Crippen LogP contribution in [0.15, 0.2) is 29.4 Å². The quantitative estimate of drug-likeness (QED) is 0.352. The minimum Gasteiger partial charge on any atom is -0.476 e. The minimum atomic E-state index is -1.45. The monoisotopic (exact) mass is 236 g/mol.